The summed E-state index contributed by atoms with van der Waals surface area (Å²) < 4.78 is 5.36. The lowest BCUT2D eigenvalue weighted by Crippen LogP contribution is -2.53. The zero-order valence-corrected chi connectivity index (χ0v) is 12.5. The summed E-state index contributed by atoms with van der Waals surface area (Å²) in [6.45, 7) is 1.29. The van der Waals surface area contributed by atoms with Crippen LogP contribution < -0.4 is 5.32 Å². The third-order valence-electron chi connectivity index (χ3n) is 4.10. The summed E-state index contributed by atoms with van der Waals surface area (Å²) in [6.07, 6.45) is 1.52. The average Bonchev–Trinajstić information content (AvgIpc) is 2.55. The van der Waals surface area contributed by atoms with Gasteiger partial charge in [0.05, 0.1) is 5.54 Å². The van der Waals surface area contributed by atoms with Crippen LogP contribution in [0.1, 0.15) is 23.2 Å². The van der Waals surface area contributed by atoms with Crippen molar-refractivity contribution in [3.63, 3.8) is 0 Å². The monoisotopic (exact) mass is 303 g/mol. The molecule has 0 radical (unpaired) electrons. The molecule has 3 nitrogen and oxygen atoms in total. The largest absolute Gasteiger partial charge is 0.381 e. The van der Waals surface area contributed by atoms with Gasteiger partial charge in [-0.05, 0) is 35.7 Å². The van der Waals surface area contributed by atoms with Crippen molar-refractivity contribution in [3.8, 4) is 0 Å². The molecule has 110 valence electrons. The predicted octanol–water partition coefficient (Wildman–Crippen LogP) is 3.36. The summed E-state index contributed by atoms with van der Waals surface area (Å²) in [4.78, 5) is 12.5. The molecule has 2 aromatic carbocycles. The molecule has 1 aliphatic rings. The van der Waals surface area contributed by atoms with Crippen molar-refractivity contribution in [3.05, 3.63) is 48.0 Å². The lowest BCUT2D eigenvalue weighted by molar-refractivity contribution is 0.0434. The van der Waals surface area contributed by atoms with Crippen molar-refractivity contribution in [1.82, 2.24) is 5.32 Å². The topological polar surface area (TPSA) is 38.3 Å². The number of hydrogen-bond acceptors (Lipinski definition) is 2. The van der Waals surface area contributed by atoms with Gasteiger partial charge < -0.3 is 10.1 Å². The van der Waals surface area contributed by atoms with Crippen molar-refractivity contribution in [1.29, 1.82) is 0 Å². The number of rotatable bonds is 3. The van der Waals surface area contributed by atoms with E-state index in [4.69, 9.17) is 16.3 Å². The number of ether oxygens (including phenoxy) is 1. The van der Waals surface area contributed by atoms with Crippen LogP contribution in [0.25, 0.3) is 10.8 Å². The number of benzene rings is 2. The minimum absolute atomic E-state index is 0.0664. The van der Waals surface area contributed by atoms with Gasteiger partial charge in [0, 0.05) is 24.7 Å². The van der Waals surface area contributed by atoms with E-state index in [2.05, 4.69) is 5.32 Å². The Morgan fingerprint density at radius 3 is 2.57 bits per heavy atom. The molecule has 0 bridgehead atoms. The summed E-state index contributed by atoms with van der Waals surface area (Å²) in [5, 5.41) is 5.31. The molecule has 0 spiro atoms. The van der Waals surface area contributed by atoms with Crippen molar-refractivity contribution in [2.45, 2.75) is 18.4 Å². The van der Waals surface area contributed by atoms with Gasteiger partial charge in [0.1, 0.15) is 0 Å². The van der Waals surface area contributed by atoms with Crippen LogP contribution in [0.3, 0.4) is 0 Å². The first kappa shape index (κ1) is 14.4. The highest BCUT2D eigenvalue weighted by atomic mass is 35.5. The second kappa shape index (κ2) is 6.04. The van der Waals surface area contributed by atoms with E-state index >= 15 is 0 Å². The summed E-state index contributed by atoms with van der Waals surface area (Å²) in [5.74, 6) is 0.346. The first-order chi connectivity index (χ1) is 10.2. The highest BCUT2D eigenvalue weighted by molar-refractivity contribution is 6.19. The van der Waals surface area contributed by atoms with Crippen LogP contribution in [0.5, 0.6) is 0 Å². The second-order valence-electron chi connectivity index (χ2n) is 5.54. The highest BCUT2D eigenvalue weighted by Gasteiger charge is 2.33. The average molecular weight is 304 g/mol. The van der Waals surface area contributed by atoms with E-state index in [1.807, 2.05) is 42.5 Å². The Morgan fingerprint density at radius 1 is 1.14 bits per heavy atom. The molecular weight excluding hydrogens is 286 g/mol. The molecule has 4 heteroatoms. The van der Waals surface area contributed by atoms with Gasteiger partial charge in [-0.25, -0.2) is 0 Å². The number of carbonyl (C=O) groups excluding carboxylic acids is 1. The van der Waals surface area contributed by atoms with Crippen LogP contribution in [0.2, 0.25) is 0 Å². The predicted molar refractivity (Wildman–Crippen MR) is 84.9 cm³/mol. The third-order valence-corrected chi connectivity index (χ3v) is 4.61. The van der Waals surface area contributed by atoms with E-state index in [1.54, 1.807) is 0 Å². The fourth-order valence-corrected chi connectivity index (χ4v) is 3.03. The molecule has 1 fully saturated rings. The first-order valence-corrected chi connectivity index (χ1v) is 7.71. The second-order valence-corrected chi connectivity index (χ2v) is 5.81. The Kier molecular flexibility index (Phi) is 4.13. The Balaban J connectivity index is 1.82. The normalized spacial score (nSPS) is 17.6. The van der Waals surface area contributed by atoms with Crippen molar-refractivity contribution in [2.75, 3.05) is 19.1 Å². The number of alkyl halides is 1. The molecule has 3 rings (SSSR count). The fraction of sp³-hybridized carbons (Fsp3) is 0.353. The van der Waals surface area contributed by atoms with Crippen LogP contribution in [0, 0.1) is 0 Å². The molecule has 1 amide bonds. The molecule has 1 heterocycles. The van der Waals surface area contributed by atoms with Crippen LogP contribution >= 0.6 is 11.6 Å². The van der Waals surface area contributed by atoms with E-state index in [0.717, 1.165) is 23.6 Å². The van der Waals surface area contributed by atoms with Gasteiger partial charge in [-0.2, -0.15) is 0 Å². The Hall–Kier alpha value is -1.58. The van der Waals surface area contributed by atoms with E-state index in [-0.39, 0.29) is 11.4 Å². The molecule has 0 aromatic heterocycles. The number of nitrogens with one attached hydrogen (secondary N) is 1. The van der Waals surface area contributed by atoms with E-state index < -0.39 is 0 Å². The van der Waals surface area contributed by atoms with Crippen LogP contribution in [0.15, 0.2) is 42.5 Å². The van der Waals surface area contributed by atoms with E-state index in [1.165, 1.54) is 0 Å². The van der Waals surface area contributed by atoms with Gasteiger partial charge in [-0.3, -0.25) is 4.79 Å². The molecule has 2 aromatic rings. The minimum Gasteiger partial charge on any atom is -0.381 e. The molecule has 0 saturated carbocycles. The van der Waals surface area contributed by atoms with Crippen LogP contribution in [0.4, 0.5) is 0 Å². The fourth-order valence-electron chi connectivity index (χ4n) is 2.70. The quantitative estimate of drug-likeness (QED) is 0.883. The van der Waals surface area contributed by atoms with Gasteiger partial charge >= 0.3 is 0 Å². The Labute approximate surface area is 129 Å². The van der Waals surface area contributed by atoms with Gasteiger partial charge in [-0.15, -0.1) is 11.6 Å². The summed E-state index contributed by atoms with van der Waals surface area (Å²) >= 11 is 6.09. The maximum Gasteiger partial charge on any atom is 0.251 e. The van der Waals surface area contributed by atoms with Gasteiger partial charge in [0.2, 0.25) is 0 Å². The molecule has 0 aliphatic carbocycles. The SMILES string of the molecule is O=C(NC1(CCl)CCOCC1)c1ccc2ccccc2c1. The molecule has 21 heavy (non-hydrogen) atoms. The maximum atomic E-state index is 12.5. The molecule has 1 N–H and O–H groups in total. The molecule has 1 aliphatic heterocycles. The molecule has 1 saturated heterocycles. The number of amides is 1. The lowest BCUT2D eigenvalue weighted by atomic mass is 9.91. The molecule has 0 unspecified atom stereocenters. The summed E-state index contributed by atoms with van der Waals surface area (Å²) in [5.41, 5.74) is 0.326. The third kappa shape index (κ3) is 3.04. The van der Waals surface area contributed by atoms with E-state index in [9.17, 15) is 4.79 Å². The van der Waals surface area contributed by atoms with Crippen LogP contribution in [-0.4, -0.2) is 30.5 Å². The highest BCUT2D eigenvalue weighted by Crippen LogP contribution is 2.23. The molecule has 0 atom stereocenters. The smallest absolute Gasteiger partial charge is 0.251 e. The van der Waals surface area contributed by atoms with Gasteiger partial charge in [0.25, 0.3) is 5.91 Å². The maximum absolute atomic E-state index is 12.5. The molecular formula is C17H18ClNO2. The van der Waals surface area contributed by atoms with Crippen molar-refractivity contribution in [2.24, 2.45) is 0 Å². The number of hydrogen-bond donors (Lipinski definition) is 1. The summed E-state index contributed by atoms with van der Waals surface area (Å²) in [7, 11) is 0. The summed E-state index contributed by atoms with van der Waals surface area (Å²) in [6, 6.07) is 13.8. The van der Waals surface area contributed by atoms with Gasteiger partial charge in [-0.1, -0.05) is 30.3 Å². The number of carbonyl (C=O) groups is 1. The number of halogens is 1. The standard InChI is InChI=1S/C17H18ClNO2/c18-12-17(7-9-21-10-8-17)19-16(20)15-6-5-13-3-1-2-4-14(13)11-15/h1-6,11H,7-10,12H2,(H,19,20). The van der Waals surface area contributed by atoms with Gasteiger partial charge in [0.15, 0.2) is 0 Å². The number of fused-ring (bicyclic) bond motifs is 1. The Morgan fingerprint density at radius 2 is 1.86 bits per heavy atom. The lowest BCUT2D eigenvalue weighted by Gasteiger charge is -2.36. The minimum atomic E-state index is -0.345. The van der Waals surface area contributed by atoms with Crippen molar-refractivity contribution < 1.29 is 9.53 Å². The van der Waals surface area contributed by atoms with Crippen LogP contribution in [-0.2, 0) is 4.74 Å². The Bertz CT molecular complexity index is 650. The first-order valence-electron chi connectivity index (χ1n) is 7.17. The zero-order chi connectivity index (χ0) is 14.7. The van der Waals surface area contributed by atoms with Crippen molar-refractivity contribution >= 4 is 28.3 Å². The van der Waals surface area contributed by atoms with E-state index in [0.29, 0.717) is 24.7 Å². The zero-order valence-electron chi connectivity index (χ0n) is 11.8.